The molecule has 1 N–H and O–H groups in total. The van der Waals surface area contributed by atoms with Crippen LogP contribution in [0.5, 0.6) is 0 Å². The van der Waals surface area contributed by atoms with Gasteiger partial charge >= 0.3 is 0 Å². The summed E-state index contributed by atoms with van der Waals surface area (Å²) in [6.45, 7) is 2.82. The fourth-order valence-corrected chi connectivity index (χ4v) is 1.71. The normalized spacial score (nSPS) is 10.5. The second kappa shape index (κ2) is 5.84. The Morgan fingerprint density at radius 3 is 2.95 bits per heavy atom. The summed E-state index contributed by atoms with van der Waals surface area (Å²) in [5, 5.41) is 3.60. The summed E-state index contributed by atoms with van der Waals surface area (Å²) in [6.07, 6.45) is 1.60. The molecule has 1 aromatic carbocycles. The first-order valence-electron chi connectivity index (χ1n) is 6.00. The molecule has 0 atom stereocenters. The average Bonchev–Trinajstić information content (AvgIpc) is 2.43. The first-order chi connectivity index (χ1) is 9.10. The van der Waals surface area contributed by atoms with Crippen LogP contribution in [0.3, 0.4) is 0 Å². The number of rotatable bonds is 4. The van der Waals surface area contributed by atoms with Crippen molar-refractivity contribution in [2.24, 2.45) is 0 Å². The van der Waals surface area contributed by atoms with Crippen LogP contribution in [0.25, 0.3) is 11.0 Å². The number of amides is 1. The smallest absolute Gasteiger partial charge is 0.241 e. The Hall–Kier alpha value is -1.88. The van der Waals surface area contributed by atoms with E-state index in [1.54, 1.807) is 36.3 Å². The highest BCUT2D eigenvalue weighted by Crippen LogP contribution is 2.17. The van der Waals surface area contributed by atoms with Crippen LogP contribution in [-0.4, -0.2) is 40.9 Å². The lowest BCUT2D eigenvalue weighted by Crippen LogP contribution is -2.32. The molecule has 1 amide bonds. The molecule has 0 saturated heterocycles. The van der Waals surface area contributed by atoms with Crippen molar-refractivity contribution >= 4 is 34.4 Å². The van der Waals surface area contributed by atoms with Crippen LogP contribution in [0.1, 0.15) is 6.92 Å². The molecule has 0 bridgehead atoms. The van der Waals surface area contributed by atoms with Crippen molar-refractivity contribution in [2.45, 2.75) is 6.92 Å². The third-order valence-corrected chi connectivity index (χ3v) is 3.06. The van der Waals surface area contributed by atoms with Crippen LogP contribution in [0, 0.1) is 0 Å². The maximum Gasteiger partial charge on any atom is 0.241 e. The molecule has 5 nitrogen and oxygen atoms in total. The summed E-state index contributed by atoms with van der Waals surface area (Å²) in [6, 6.07) is 5.32. The van der Waals surface area contributed by atoms with Gasteiger partial charge in [-0.1, -0.05) is 11.6 Å². The van der Waals surface area contributed by atoms with E-state index < -0.39 is 0 Å². The van der Waals surface area contributed by atoms with E-state index in [2.05, 4.69) is 15.3 Å². The first kappa shape index (κ1) is 13.5. The number of nitrogens with zero attached hydrogens (tertiary/aromatic N) is 3. The van der Waals surface area contributed by atoms with Gasteiger partial charge in [0.1, 0.15) is 5.82 Å². The van der Waals surface area contributed by atoms with Crippen LogP contribution >= 0.6 is 11.6 Å². The Morgan fingerprint density at radius 2 is 2.21 bits per heavy atom. The van der Waals surface area contributed by atoms with Gasteiger partial charge in [0.2, 0.25) is 5.91 Å². The highest BCUT2D eigenvalue weighted by atomic mass is 35.5. The Morgan fingerprint density at radius 1 is 1.42 bits per heavy atom. The number of nitrogens with one attached hydrogen (secondary N) is 1. The summed E-state index contributed by atoms with van der Waals surface area (Å²) < 4.78 is 0. The quantitative estimate of drug-likeness (QED) is 0.931. The summed E-state index contributed by atoms with van der Waals surface area (Å²) in [7, 11) is 1.76. The largest absolute Gasteiger partial charge is 0.360 e. The Kier molecular flexibility index (Phi) is 4.16. The molecular weight excluding hydrogens is 264 g/mol. The number of aromatic nitrogens is 2. The summed E-state index contributed by atoms with van der Waals surface area (Å²) >= 11 is 5.88. The minimum Gasteiger partial charge on any atom is -0.360 e. The maximum atomic E-state index is 11.7. The minimum absolute atomic E-state index is 0.0144. The molecule has 0 radical (unpaired) electrons. The zero-order valence-corrected chi connectivity index (χ0v) is 11.6. The Bertz CT molecular complexity index is 602. The molecule has 1 heterocycles. The van der Waals surface area contributed by atoms with Gasteiger partial charge in [-0.3, -0.25) is 9.78 Å². The van der Waals surface area contributed by atoms with E-state index in [0.29, 0.717) is 17.4 Å². The highest BCUT2D eigenvalue weighted by Gasteiger charge is 2.07. The summed E-state index contributed by atoms with van der Waals surface area (Å²) in [5.74, 6) is 0.591. The molecule has 1 aromatic heterocycles. The van der Waals surface area contributed by atoms with Crippen molar-refractivity contribution in [2.75, 3.05) is 25.5 Å². The number of hydrogen-bond donors (Lipinski definition) is 1. The third-order valence-electron chi connectivity index (χ3n) is 2.83. The monoisotopic (exact) mass is 278 g/mol. The van der Waals surface area contributed by atoms with E-state index >= 15 is 0 Å². The van der Waals surface area contributed by atoms with Crippen LogP contribution in [0.4, 0.5) is 5.82 Å². The molecule has 0 spiro atoms. The molecule has 0 fully saturated rings. The third kappa shape index (κ3) is 3.32. The minimum atomic E-state index is 0.0144. The summed E-state index contributed by atoms with van der Waals surface area (Å²) in [5.41, 5.74) is 1.47. The van der Waals surface area contributed by atoms with Gasteiger partial charge in [0.25, 0.3) is 0 Å². The number of benzene rings is 1. The predicted octanol–water partition coefficient (Wildman–Crippen LogP) is 2.17. The van der Waals surface area contributed by atoms with Crippen molar-refractivity contribution in [3.63, 3.8) is 0 Å². The van der Waals surface area contributed by atoms with E-state index in [1.165, 1.54) is 0 Å². The van der Waals surface area contributed by atoms with E-state index in [9.17, 15) is 4.79 Å². The lowest BCUT2D eigenvalue weighted by atomic mass is 10.3. The van der Waals surface area contributed by atoms with Gasteiger partial charge in [0, 0.05) is 18.6 Å². The van der Waals surface area contributed by atoms with Crippen molar-refractivity contribution in [1.29, 1.82) is 0 Å². The van der Waals surface area contributed by atoms with Crippen LogP contribution < -0.4 is 5.32 Å². The fourth-order valence-electron chi connectivity index (χ4n) is 1.55. The molecular formula is C13H15ClN4O. The van der Waals surface area contributed by atoms with Crippen molar-refractivity contribution in [3.05, 3.63) is 29.4 Å². The average molecular weight is 279 g/mol. The summed E-state index contributed by atoms with van der Waals surface area (Å²) in [4.78, 5) is 21.9. The Labute approximate surface area is 116 Å². The molecule has 0 aliphatic rings. The zero-order chi connectivity index (χ0) is 13.8. The van der Waals surface area contributed by atoms with E-state index in [-0.39, 0.29) is 12.5 Å². The molecule has 0 unspecified atom stereocenters. The standard InChI is InChI=1S/C13H15ClN4O/c1-3-18(2)13(19)8-16-12-7-15-11-6-9(14)4-5-10(11)17-12/h4-7H,3,8H2,1-2H3,(H,16,17). The van der Waals surface area contributed by atoms with E-state index in [0.717, 1.165) is 11.0 Å². The van der Waals surface area contributed by atoms with Gasteiger partial charge < -0.3 is 10.2 Å². The van der Waals surface area contributed by atoms with Crippen LogP contribution in [0.2, 0.25) is 5.02 Å². The van der Waals surface area contributed by atoms with Crippen LogP contribution in [-0.2, 0) is 4.79 Å². The molecule has 0 saturated carbocycles. The number of hydrogen-bond acceptors (Lipinski definition) is 4. The number of likely N-dealkylation sites (N-methyl/N-ethyl adjacent to an activating group) is 1. The molecule has 2 rings (SSSR count). The molecule has 19 heavy (non-hydrogen) atoms. The first-order valence-corrected chi connectivity index (χ1v) is 6.38. The lowest BCUT2D eigenvalue weighted by molar-refractivity contribution is -0.127. The molecule has 2 aromatic rings. The van der Waals surface area contributed by atoms with Crippen molar-refractivity contribution in [3.8, 4) is 0 Å². The fraction of sp³-hybridized carbons (Fsp3) is 0.308. The van der Waals surface area contributed by atoms with Crippen LogP contribution in [0.15, 0.2) is 24.4 Å². The number of anilines is 1. The number of carbonyl (C=O) groups excluding carboxylic acids is 1. The highest BCUT2D eigenvalue weighted by molar-refractivity contribution is 6.31. The zero-order valence-electron chi connectivity index (χ0n) is 10.9. The molecule has 6 heteroatoms. The van der Waals surface area contributed by atoms with E-state index in [4.69, 9.17) is 11.6 Å². The molecule has 100 valence electrons. The van der Waals surface area contributed by atoms with Gasteiger partial charge in [-0.2, -0.15) is 0 Å². The number of fused-ring (bicyclic) bond motifs is 1. The molecule has 0 aliphatic carbocycles. The topological polar surface area (TPSA) is 58.1 Å². The molecule has 0 aliphatic heterocycles. The van der Waals surface area contributed by atoms with Crippen molar-refractivity contribution < 1.29 is 4.79 Å². The van der Waals surface area contributed by atoms with E-state index in [1.807, 2.05) is 6.92 Å². The maximum absolute atomic E-state index is 11.7. The van der Waals surface area contributed by atoms with Gasteiger partial charge in [-0.25, -0.2) is 4.98 Å². The van der Waals surface area contributed by atoms with Gasteiger partial charge in [0.15, 0.2) is 0 Å². The van der Waals surface area contributed by atoms with Crippen molar-refractivity contribution in [1.82, 2.24) is 14.9 Å². The number of halogens is 1. The van der Waals surface area contributed by atoms with Gasteiger partial charge in [-0.15, -0.1) is 0 Å². The lowest BCUT2D eigenvalue weighted by Gasteiger charge is -2.14. The number of carbonyl (C=O) groups is 1. The second-order valence-corrected chi connectivity index (χ2v) is 4.59. The Balaban J connectivity index is 2.09. The predicted molar refractivity (Wildman–Crippen MR) is 76.3 cm³/mol. The van der Waals surface area contributed by atoms with Gasteiger partial charge in [0.05, 0.1) is 23.8 Å². The SMILES string of the molecule is CCN(C)C(=O)CNc1cnc2cc(Cl)ccc2n1. The second-order valence-electron chi connectivity index (χ2n) is 4.15. The van der Waals surface area contributed by atoms with Gasteiger partial charge in [-0.05, 0) is 25.1 Å².